The van der Waals surface area contributed by atoms with Gasteiger partial charge in [-0.1, -0.05) is 18.2 Å². The van der Waals surface area contributed by atoms with Crippen molar-refractivity contribution in [3.05, 3.63) is 82.0 Å². The van der Waals surface area contributed by atoms with Crippen LogP contribution >= 0.6 is 22.6 Å². The largest absolute Gasteiger partial charge is 0.495 e. The Kier molecular flexibility index (Phi) is 6.06. The van der Waals surface area contributed by atoms with Gasteiger partial charge < -0.3 is 14.6 Å². The number of methoxy groups -OCH3 is 1. The van der Waals surface area contributed by atoms with Crippen LogP contribution in [0.2, 0.25) is 0 Å². The van der Waals surface area contributed by atoms with Crippen molar-refractivity contribution in [2.24, 2.45) is 0 Å². The zero-order valence-electron chi connectivity index (χ0n) is 14.2. The van der Waals surface area contributed by atoms with Crippen molar-refractivity contribution >= 4 is 34.6 Å². The minimum Gasteiger partial charge on any atom is -0.495 e. The van der Waals surface area contributed by atoms with Gasteiger partial charge in [-0.2, -0.15) is 0 Å². The number of rotatable bonds is 6. The number of nitrogens with one attached hydrogen (secondary N) is 1. The Balaban J connectivity index is 1.65. The molecule has 0 spiro atoms. The third kappa shape index (κ3) is 4.72. The molecule has 1 amide bonds. The molecular formula is C20H18IN3O2. The fourth-order valence-electron chi connectivity index (χ4n) is 2.48. The van der Waals surface area contributed by atoms with Gasteiger partial charge in [-0.25, -0.2) is 4.98 Å². The fraction of sp³-hybridized carbons (Fsp3) is 0.100. The number of halogens is 1. The van der Waals surface area contributed by atoms with Crippen LogP contribution in [0.15, 0.2) is 67.3 Å². The van der Waals surface area contributed by atoms with E-state index in [0.717, 1.165) is 20.4 Å². The standard InChI is InChI=1S/C20H18IN3O2/c1-26-19-12-15(5-7-18(19)24-10-9-22-14-24)6-8-20(25)23-13-16-3-2-4-17(21)11-16/h2-12,14H,13H2,1H3,(H,23,25). The van der Waals surface area contributed by atoms with Crippen LogP contribution in [0.4, 0.5) is 0 Å². The fourth-order valence-corrected chi connectivity index (χ4v) is 3.09. The van der Waals surface area contributed by atoms with Gasteiger partial charge in [-0.3, -0.25) is 4.79 Å². The van der Waals surface area contributed by atoms with E-state index < -0.39 is 0 Å². The van der Waals surface area contributed by atoms with Gasteiger partial charge in [-0.15, -0.1) is 0 Å². The summed E-state index contributed by atoms with van der Waals surface area (Å²) in [6, 6.07) is 13.8. The summed E-state index contributed by atoms with van der Waals surface area (Å²) in [6.07, 6.45) is 8.58. The van der Waals surface area contributed by atoms with Gasteiger partial charge in [0.15, 0.2) is 0 Å². The van der Waals surface area contributed by atoms with E-state index >= 15 is 0 Å². The summed E-state index contributed by atoms with van der Waals surface area (Å²) in [6.45, 7) is 0.503. The molecule has 132 valence electrons. The van der Waals surface area contributed by atoms with E-state index in [-0.39, 0.29) is 5.91 Å². The van der Waals surface area contributed by atoms with Gasteiger partial charge in [-0.05, 0) is 64.1 Å². The maximum absolute atomic E-state index is 12.0. The summed E-state index contributed by atoms with van der Waals surface area (Å²) < 4.78 is 8.47. The number of imidazole rings is 1. The van der Waals surface area contributed by atoms with Crippen molar-refractivity contribution in [2.75, 3.05) is 7.11 Å². The van der Waals surface area contributed by atoms with E-state index in [9.17, 15) is 4.79 Å². The molecule has 6 heteroatoms. The minimum absolute atomic E-state index is 0.137. The summed E-state index contributed by atoms with van der Waals surface area (Å²) in [7, 11) is 1.62. The number of hydrogen-bond acceptors (Lipinski definition) is 3. The molecule has 1 heterocycles. The molecule has 26 heavy (non-hydrogen) atoms. The van der Waals surface area contributed by atoms with Crippen molar-refractivity contribution in [1.82, 2.24) is 14.9 Å². The van der Waals surface area contributed by atoms with Crippen LogP contribution in [0.1, 0.15) is 11.1 Å². The van der Waals surface area contributed by atoms with Crippen molar-refractivity contribution < 1.29 is 9.53 Å². The Bertz CT molecular complexity index is 921. The van der Waals surface area contributed by atoms with E-state index in [1.54, 1.807) is 25.7 Å². The topological polar surface area (TPSA) is 56.1 Å². The third-order valence-corrected chi connectivity index (χ3v) is 4.44. The molecule has 3 aromatic rings. The molecule has 3 rings (SSSR count). The molecule has 2 aromatic carbocycles. The van der Waals surface area contributed by atoms with Crippen molar-refractivity contribution in [3.63, 3.8) is 0 Å². The third-order valence-electron chi connectivity index (χ3n) is 3.77. The molecule has 1 aromatic heterocycles. The van der Waals surface area contributed by atoms with Crippen LogP contribution in [-0.4, -0.2) is 22.6 Å². The SMILES string of the molecule is COc1cc(C=CC(=O)NCc2cccc(I)c2)ccc1-n1ccnc1. The van der Waals surface area contributed by atoms with Gasteiger partial charge in [0, 0.05) is 28.6 Å². The number of nitrogens with zero attached hydrogens (tertiary/aromatic N) is 2. The maximum atomic E-state index is 12.0. The number of amides is 1. The molecule has 0 aliphatic heterocycles. The molecule has 0 aliphatic carbocycles. The smallest absolute Gasteiger partial charge is 0.244 e. The van der Waals surface area contributed by atoms with Gasteiger partial charge in [0.25, 0.3) is 0 Å². The van der Waals surface area contributed by atoms with E-state index in [1.807, 2.05) is 53.2 Å². The molecule has 0 unspecified atom stereocenters. The molecule has 0 atom stereocenters. The Morgan fingerprint density at radius 3 is 2.92 bits per heavy atom. The van der Waals surface area contributed by atoms with Gasteiger partial charge in [0.1, 0.15) is 5.75 Å². The second-order valence-electron chi connectivity index (χ2n) is 5.58. The Hall–Kier alpha value is -2.61. The Labute approximate surface area is 165 Å². The zero-order chi connectivity index (χ0) is 18.4. The second kappa shape index (κ2) is 8.66. The maximum Gasteiger partial charge on any atom is 0.244 e. The summed E-state index contributed by atoms with van der Waals surface area (Å²) in [5.41, 5.74) is 2.85. The van der Waals surface area contributed by atoms with E-state index in [1.165, 1.54) is 6.08 Å². The average Bonchev–Trinajstić information content (AvgIpc) is 3.19. The van der Waals surface area contributed by atoms with Crippen LogP contribution in [0.3, 0.4) is 0 Å². The molecule has 0 aliphatic rings. The van der Waals surface area contributed by atoms with Crippen molar-refractivity contribution in [2.45, 2.75) is 6.54 Å². The molecule has 0 saturated heterocycles. The first kappa shape index (κ1) is 18.2. The first-order chi connectivity index (χ1) is 12.7. The second-order valence-corrected chi connectivity index (χ2v) is 6.83. The highest BCUT2D eigenvalue weighted by Gasteiger charge is 2.05. The Morgan fingerprint density at radius 2 is 2.19 bits per heavy atom. The lowest BCUT2D eigenvalue weighted by molar-refractivity contribution is -0.116. The average molecular weight is 459 g/mol. The zero-order valence-corrected chi connectivity index (χ0v) is 16.4. The number of carbonyl (C=O) groups is 1. The number of aromatic nitrogens is 2. The number of hydrogen-bond donors (Lipinski definition) is 1. The summed E-state index contributed by atoms with van der Waals surface area (Å²) >= 11 is 2.26. The monoisotopic (exact) mass is 459 g/mol. The normalized spacial score (nSPS) is 10.8. The molecule has 0 bridgehead atoms. The van der Waals surface area contributed by atoms with Crippen LogP contribution < -0.4 is 10.1 Å². The highest BCUT2D eigenvalue weighted by molar-refractivity contribution is 14.1. The van der Waals surface area contributed by atoms with E-state index in [2.05, 4.69) is 32.9 Å². The molecule has 5 nitrogen and oxygen atoms in total. The summed E-state index contributed by atoms with van der Waals surface area (Å²) in [5.74, 6) is 0.575. The van der Waals surface area contributed by atoms with E-state index in [0.29, 0.717) is 12.3 Å². The van der Waals surface area contributed by atoms with E-state index in [4.69, 9.17) is 4.74 Å². The molecule has 0 radical (unpaired) electrons. The van der Waals surface area contributed by atoms with Crippen LogP contribution in [-0.2, 0) is 11.3 Å². The summed E-state index contributed by atoms with van der Waals surface area (Å²) in [5, 5.41) is 2.89. The lowest BCUT2D eigenvalue weighted by atomic mass is 10.1. The number of benzene rings is 2. The summed E-state index contributed by atoms with van der Waals surface area (Å²) in [4.78, 5) is 16.1. The van der Waals surface area contributed by atoms with Crippen LogP contribution in [0.25, 0.3) is 11.8 Å². The number of carbonyl (C=O) groups excluding carboxylic acids is 1. The molecule has 0 saturated carbocycles. The number of ether oxygens (including phenoxy) is 1. The quantitative estimate of drug-likeness (QED) is 0.451. The predicted octanol–water partition coefficient (Wildman–Crippen LogP) is 3.82. The lowest BCUT2D eigenvalue weighted by Crippen LogP contribution is -2.20. The van der Waals surface area contributed by atoms with Gasteiger partial charge in [0.05, 0.1) is 19.1 Å². The predicted molar refractivity (Wildman–Crippen MR) is 110 cm³/mol. The van der Waals surface area contributed by atoms with Crippen molar-refractivity contribution in [3.8, 4) is 11.4 Å². The first-order valence-electron chi connectivity index (χ1n) is 8.02. The van der Waals surface area contributed by atoms with Gasteiger partial charge >= 0.3 is 0 Å². The first-order valence-corrected chi connectivity index (χ1v) is 9.10. The van der Waals surface area contributed by atoms with Gasteiger partial charge in [0.2, 0.25) is 5.91 Å². The molecular weight excluding hydrogens is 441 g/mol. The minimum atomic E-state index is -0.137. The lowest BCUT2D eigenvalue weighted by Gasteiger charge is -2.09. The van der Waals surface area contributed by atoms with Crippen LogP contribution in [0.5, 0.6) is 5.75 Å². The molecule has 0 fully saturated rings. The highest BCUT2D eigenvalue weighted by Crippen LogP contribution is 2.24. The van der Waals surface area contributed by atoms with Crippen molar-refractivity contribution in [1.29, 1.82) is 0 Å². The molecule has 1 N–H and O–H groups in total. The van der Waals surface area contributed by atoms with Crippen LogP contribution in [0, 0.1) is 3.57 Å². The highest BCUT2D eigenvalue weighted by atomic mass is 127. The Morgan fingerprint density at radius 1 is 1.31 bits per heavy atom.